The summed E-state index contributed by atoms with van der Waals surface area (Å²) in [6.45, 7) is 9.03. The predicted molar refractivity (Wildman–Crippen MR) is 119 cm³/mol. The number of fused-ring (bicyclic) bond motifs is 1. The highest BCUT2D eigenvalue weighted by atomic mass is 16.2. The number of aromatic nitrogens is 2. The monoisotopic (exact) mass is 406 g/mol. The van der Waals surface area contributed by atoms with Gasteiger partial charge in [0.1, 0.15) is 11.9 Å². The molecule has 3 rings (SSSR count). The van der Waals surface area contributed by atoms with Gasteiger partial charge in [0.15, 0.2) is 0 Å². The number of imidazole rings is 1. The Labute approximate surface area is 177 Å². The van der Waals surface area contributed by atoms with Gasteiger partial charge in [-0.05, 0) is 49.9 Å². The second kappa shape index (κ2) is 9.57. The van der Waals surface area contributed by atoms with Crippen molar-refractivity contribution in [2.75, 3.05) is 6.54 Å². The van der Waals surface area contributed by atoms with Crippen molar-refractivity contribution in [3.8, 4) is 0 Å². The van der Waals surface area contributed by atoms with Crippen LogP contribution in [0.5, 0.6) is 0 Å². The summed E-state index contributed by atoms with van der Waals surface area (Å²) >= 11 is 0. The molecule has 0 aliphatic rings. The molecule has 0 aliphatic carbocycles. The molecule has 6 heteroatoms. The van der Waals surface area contributed by atoms with Crippen molar-refractivity contribution < 1.29 is 9.59 Å². The van der Waals surface area contributed by atoms with Crippen molar-refractivity contribution in [1.82, 2.24) is 20.2 Å². The number of nitrogens with zero attached hydrogens (tertiary/aromatic N) is 2. The highest BCUT2D eigenvalue weighted by molar-refractivity contribution is 5.98. The number of rotatable bonds is 8. The molecule has 2 N–H and O–H groups in total. The van der Waals surface area contributed by atoms with E-state index in [1.165, 1.54) is 0 Å². The maximum Gasteiger partial charge on any atom is 0.252 e. The number of carbonyl (C=O) groups excluding carboxylic acids is 2. The van der Waals surface area contributed by atoms with Gasteiger partial charge in [0, 0.05) is 18.7 Å². The molecule has 2 amide bonds. The van der Waals surface area contributed by atoms with E-state index in [1.807, 2.05) is 70.2 Å². The van der Waals surface area contributed by atoms with Crippen molar-refractivity contribution >= 4 is 22.8 Å². The molecule has 158 valence electrons. The van der Waals surface area contributed by atoms with Crippen molar-refractivity contribution in [3.63, 3.8) is 0 Å². The van der Waals surface area contributed by atoms with Gasteiger partial charge in [-0.25, -0.2) is 4.98 Å². The van der Waals surface area contributed by atoms with E-state index < -0.39 is 6.04 Å². The molecule has 3 aromatic rings. The van der Waals surface area contributed by atoms with Gasteiger partial charge in [-0.2, -0.15) is 0 Å². The zero-order valence-electron chi connectivity index (χ0n) is 18.1. The third-order valence-electron chi connectivity index (χ3n) is 5.20. The van der Waals surface area contributed by atoms with Crippen LogP contribution in [-0.2, 0) is 11.3 Å². The van der Waals surface area contributed by atoms with Gasteiger partial charge in [-0.1, -0.05) is 44.2 Å². The first kappa shape index (κ1) is 21.6. The van der Waals surface area contributed by atoms with Crippen LogP contribution in [-0.4, -0.2) is 34.0 Å². The zero-order chi connectivity index (χ0) is 21.7. The maximum atomic E-state index is 12.9. The Hall–Kier alpha value is -3.15. The lowest BCUT2D eigenvalue weighted by atomic mass is 10.0. The lowest BCUT2D eigenvalue weighted by molar-refractivity contribution is -0.123. The van der Waals surface area contributed by atoms with E-state index in [1.54, 1.807) is 6.07 Å². The molecular weight excluding hydrogens is 376 g/mol. The Morgan fingerprint density at radius 2 is 1.73 bits per heavy atom. The first-order valence-corrected chi connectivity index (χ1v) is 10.4. The van der Waals surface area contributed by atoms with Crippen LogP contribution >= 0.6 is 0 Å². The molecule has 0 saturated heterocycles. The normalized spacial score (nSPS) is 12.2. The van der Waals surface area contributed by atoms with Gasteiger partial charge < -0.3 is 15.2 Å². The molecule has 0 aliphatic heterocycles. The average molecular weight is 407 g/mol. The molecule has 0 bridgehead atoms. The van der Waals surface area contributed by atoms with E-state index in [4.69, 9.17) is 0 Å². The van der Waals surface area contributed by atoms with E-state index in [0.717, 1.165) is 22.4 Å². The summed E-state index contributed by atoms with van der Waals surface area (Å²) < 4.78 is 2.10. The van der Waals surface area contributed by atoms with Gasteiger partial charge in [0.2, 0.25) is 5.91 Å². The molecular formula is C24H30N4O2. The predicted octanol–water partition coefficient (Wildman–Crippen LogP) is 3.61. The van der Waals surface area contributed by atoms with Crippen LogP contribution in [0.15, 0.2) is 48.5 Å². The van der Waals surface area contributed by atoms with Crippen LogP contribution in [0, 0.1) is 19.8 Å². The molecule has 0 saturated carbocycles. The van der Waals surface area contributed by atoms with Crippen molar-refractivity contribution in [2.45, 2.75) is 46.7 Å². The van der Waals surface area contributed by atoms with Crippen molar-refractivity contribution in [2.24, 2.45) is 5.92 Å². The summed E-state index contributed by atoms with van der Waals surface area (Å²) in [4.78, 5) is 30.1. The standard InChI is InChI=1S/C24H30N4O2/c1-16(2)15-21(27-23(29)19-10-6-5-9-17(19)3)24(30)25-13-14-28-18(4)26-20-11-7-8-12-22(20)28/h5-12,16,21H,13-15H2,1-4H3,(H,25,30)(H,27,29). The molecule has 0 fully saturated rings. The molecule has 0 radical (unpaired) electrons. The molecule has 1 aromatic heterocycles. The first-order valence-electron chi connectivity index (χ1n) is 10.4. The number of benzene rings is 2. The van der Waals surface area contributed by atoms with Gasteiger partial charge >= 0.3 is 0 Å². The lowest BCUT2D eigenvalue weighted by Crippen LogP contribution is -2.48. The molecule has 30 heavy (non-hydrogen) atoms. The van der Waals surface area contributed by atoms with Crippen LogP contribution in [0.1, 0.15) is 42.0 Å². The Kier molecular flexibility index (Phi) is 6.87. The summed E-state index contributed by atoms with van der Waals surface area (Å²) in [5, 5.41) is 5.91. The van der Waals surface area contributed by atoms with Gasteiger partial charge in [-0.15, -0.1) is 0 Å². The highest BCUT2D eigenvalue weighted by Gasteiger charge is 2.23. The van der Waals surface area contributed by atoms with Gasteiger partial charge in [-0.3, -0.25) is 9.59 Å². The van der Waals surface area contributed by atoms with E-state index >= 15 is 0 Å². The SMILES string of the molecule is Cc1ccccc1C(=O)NC(CC(C)C)C(=O)NCCn1c(C)nc2ccccc21. The zero-order valence-corrected chi connectivity index (χ0v) is 18.1. The first-order chi connectivity index (χ1) is 14.4. The molecule has 1 atom stereocenters. The summed E-state index contributed by atoms with van der Waals surface area (Å²) in [5.74, 6) is 0.813. The van der Waals surface area contributed by atoms with Crippen LogP contribution in [0.3, 0.4) is 0 Å². The van der Waals surface area contributed by atoms with Crippen LogP contribution in [0.4, 0.5) is 0 Å². The summed E-state index contributed by atoms with van der Waals surface area (Å²) in [6.07, 6.45) is 0.580. The van der Waals surface area contributed by atoms with E-state index in [2.05, 4.69) is 20.2 Å². The van der Waals surface area contributed by atoms with E-state index in [9.17, 15) is 9.59 Å². The lowest BCUT2D eigenvalue weighted by Gasteiger charge is -2.21. The second-order valence-corrected chi connectivity index (χ2v) is 8.06. The fraction of sp³-hybridized carbons (Fsp3) is 0.375. The second-order valence-electron chi connectivity index (χ2n) is 8.06. The third-order valence-corrected chi connectivity index (χ3v) is 5.20. The quantitative estimate of drug-likeness (QED) is 0.600. The largest absolute Gasteiger partial charge is 0.353 e. The molecule has 2 aromatic carbocycles. The minimum absolute atomic E-state index is 0.160. The maximum absolute atomic E-state index is 12.9. The third kappa shape index (κ3) is 5.06. The Morgan fingerprint density at radius 3 is 2.47 bits per heavy atom. The Morgan fingerprint density at radius 1 is 1.03 bits per heavy atom. The minimum atomic E-state index is -0.572. The fourth-order valence-corrected chi connectivity index (χ4v) is 3.66. The summed E-state index contributed by atoms with van der Waals surface area (Å²) in [5.41, 5.74) is 3.49. The number of para-hydroxylation sites is 2. The number of nitrogens with one attached hydrogen (secondary N) is 2. The summed E-state index contributed by atoms with van der Waals surface area (Å²) in [6, 6.07) is 14.8. The summed E-state index contributed by atoms with van der Waals surface area (Å²) in [7, 11) is 0. The fourth-order valence-electron chi connectivity index (χ4n) is 3.66. The Balaban J connectivity index is 1.64. The highest BCUT2D eigenvalue weighted by Crippen LogP contribution is 2.15. The van der Waals surface area contributed by atoms with Crippen molar-refractivity contribution in [1.29, 1.82) is 0 Å². The molecule has 1 heterocycles. The smallest absolute Gasteiger partial charge is 0.252 e. The number of amides is 2. The average Bonchev–Trinajstić information content (AvgIpc) is 3.02. The molecule has 6 nitrogen and oxygen atoms in total. The molecule has 1 unspecified atom stereocenters. The number of aryl methyl sites for hydroxylation is 2. The number of hydrogen-bond acceptors (Lipinski definition) is 3. The van der Waals surface area contributed by atoms with Crippen LogP contribution in [0.2, 0.25) is 0 Å². The Bertz CT molecular complexity index is 1040. The molecule has 0 spiro atoms. The topological polar surface area (TPSA) is 76.0 Å². The van der Waals surface area contributed by atoms with E-state index in [0.29, 0.717) is 25.1 Å². The van der Waals surface area contributed by atoms with E-state index in [-0.39, 0.29) is 17.7 Å². The van der Waals surface area contributed by atoms with Crippen molar-refractivity contribution in [3.05, 3.63) is 65.5 Å². The minimum Gasteiger partial charge on any atom is -0.353 e. The van der Waals surface area contributed by atoms with Gasteiger partial charge in [0.05, 0.1) is 11.0 Å². The number of carbonyl (C=O) groups is 2. The van der Waals surface area contributed by atoms with Crippen LogP contribution < -0.4 is 10.6 Å². The number of hydrogen-bond donors (Lipinski definition) is 2. The van der Waals surface area contributed by atoms with Crippen LogP contribution in [0.25, 0.3) is 11.0 Å². The van der Waals surface area contributed by atoms with Gasteiger partial charge in [0.25, 0.3) is 5.91 Å².